The Hall–Kier alpha value is -1.36. The van der Waals surface area contributed by atoms with E-state index < -0.39 is 5.97 Å². The van der Waals surface area contributed by atoms with Gasteiger partial charge >= 0.3 is 5.97 Å². The molecule has 0 amide bonds. The zero-order valence-electron chi connectivity index (χ0n) is 11.7. The van der Waals surface area contributed by atoms with Crippen LogP contribution in [-0.2, 0) is 14.3 Å². The predicted octanol–water partition coefficient (Wildman–Crippen LogP) is 0.660. The molecular weight excluding hydrogens is 232 g/mol. The molecule has 102 valence electrons. The molecule has 1 heterocycles. The largest absolute Gasteiger partial charge is 0.462 e. The van der Waals surface area contributed by atoms with Gasteiger partial charge in [0.2, 0.25) is 0 Å². The van der Waals surface area contributed by atoms with Gasteiger partial charge in [0, 0.05) is 31.9 Å². The first-order valence-corrected chi connectivity index (χ1v) is 6.29. The summed E-state index contributed by atoms with van der Waals surface area (Å²) in [6, 6.07) is 0. The van der Waals surface area contributed by atoms with Gasteiger partial charge in [-0.25, -0.2) is 4.79 Å². The van der Waals surface area contributed by atoms with Gasteiger partial charge in [-0.1, -0.05) is 0 Å². The summed E-state index contributed by atoms with van der Waals surface area (Å²) >= 11 is 0. The molecule has 1 saturated heterocycles. The summed E-state index contributed by atoms with van der Waals surface area (Å²) in [5.41, 5.74) is 0.912. The molecule has 0 spiro atoms. The minimum atomic E-state index is -0.513. The molecule has 0 bridgehead atoms. The standard InChI is InChI=1S/C13H22N2O3/c1-5-18-13(17)12(11(3)16)10(2)15-8-6-14(4)7-9-15/h5-9H2,1-4H3/b12-10-. The van der Waals surface area contributed by atoms with Gasteiger partial charge in [0.05, 0.1) is 6.61 Å². The topological polar surface area (TPSA) is 49.9 Å². The number of hydrogen-bond acceptors (Lipinski definition) is 5. The quantitative estimate of drug-likeness (QED) is 0.319. The van der Waals surface area contributed by atoms with Crippen LogP contribution in [-0.4, -0.2) is 61.4 Å². The number of allylic oxidation sites excluding steroid dienone is 1. The third-order valence-electron chi connectivity index (χ3n) is 3.17. The van der Waals surface area contributed by atoms with Crippen molar-refractivity contribution in [3.63, 3.8) is 0 Å². The monoisotopic (exact) mass is 254 g/mol. The molecule has 1 aliphatic heterocycles. The summed E-state index contributed by atoms with van der Waals surface area (Å²) in [6.45, 7) is 8.78. The zero-order valence-corrected chi connectivity index (χ0v) is 11.7. The lowest BCUT2D eigenvalue weighted by Crippen LogP contribution is -2.44. The van der Waals surface area contributed by atoms with Crippen LogP contribution in [0, 0.1) is 0 Å². The Balaban J connectivity index is 2.90. The fourth-order valence-corrected chi connectivity index (χ4v) is 2.05. The molecule has 0 radical (unpaired) electrons. The molecule has 18 heavy (non-hydrogen) atoms. The molecule has 1 fully saturated rings. The summed E-state index contributed by atoms with van der Waals surface area (Å²) in [4.78, 5) is 27.7. The summed E-state index contributed by atoms with van der Waals surface area (Å²) in [7, 11) is 2.06. The highest BCUT2D eigenvalue weighted by Gasteiger charge is 2.24. The van der Waals surface area contributed by atoms with E-state index in [0.29, 0.717) is 0 Å². The van der Waals surface area contributed by atoms with E-state index in [1.54, 1.807) is 6.92 Å². The van der Waals surface area contributed by atoms with Gasteiger partial charge in [0.1, 0.15) is 5.57 Å². The Morgan fingerprint density at radius 1 is 1.11 bits per heavy atom. The smallest absolute Gasteiger partial charge is 0.343 e. The molecule has 1 aliphatic rings. The van der Waals surface area contributed by atoms with Crippen molar-refractivity contribution in [2.24, 2.45) is 0 Å². The molecule has 5 heteroatoms. The van der Waals surface area contributed by atoms with E-state index in [0.717, 1.165) is 31.9 Å². The number of piperazine rings is 1. The maximum absolute atomic E-state index is 11.8. The highest BCUT2D eigenvalue weighted by molar-refractivity contribution is 6.16. The van der Waals surface area contributed by atoms with Crippen LogP contribution in [0.25, 0.3) is 0 Å². The van der Waals surface area contributed by atoms with E-state index in [2.05, 4.69) is 16.8 Å². The van der Waals surface area contributed by atoms with Gasteiger partial charge in [-0.05, 0) is 27.8 Å². The Morgan fingerprint density at radius 3 is 2.11 bits per heavy atom. The van der Waals surface area contributed by atoms with Gasteiger partial charge in [0.25, 0.3) is 0 Å². The number of rotatable bonds is 4. The minimum Gasteiger partial charge on any atom is -0.462 e. The first kappa shape index (κ1) is 14.7. The lowest BCUT2D eigenvalue weighted by atomic mass is 10.1. The van der Waals surface area contributed by atoms with Crippen molar-refractivity contribution < 1.29 is 14.3 Å². The SMILES string of the molecule is CCOC(=O)/C(C(C)=O)=C(/C)N1CCN(C)CC1. The number of ketones is 1. The van der Waals surface area contributed by atoms with Crippen LogP contribution in [0.2, 0.25) is 0 Å². The molecule has 5 nitrogen and oxygen atoms in total. The van der Waals surface area contributed by atoms with Gasteiger partial charge in [-0.2, -0.15) is 0 Å². The maximum atomic E-state index is 11.8. The summed E-state index contributed by atoms with van der Waals surface area (Å²) in [5.74, 6) is -0.744. The lowest BCUT2D eigenvalue weighted by molar-refractivity contribution is -0.140. The van der Waals surface area contributed by atoms with Crippen LogP contribution in [0.1, 0.15) is 20.8 Å². The van der Waals surface area contributed by atoms with Gasteiger partial charge in [0.15, 0.2) is 5.78 Å². The van der Waals surface area contributed by atoms with Crippen LogP contribution < -0.4 is 0 Å². The van der Waals surface area contributed by atoms with Crippen LogP contribution in [0.3, 0.4) is 0 Å². The molecule has 0 aromatic rings. The minimum absolute atomic E-state index is 0.182. The first-order valence-electron chi connectivity index (χ1n) is 6.29. The van der Waals surface area contributed by atoms with Gasteiger partial charge in [-0.3, -0.25) is 4.79 Å². The molecule has 0 aromatic carbocycles. The third-order valence-corrected chi connectivity index (χ3v) is 3.17. The number of likely N-dealkylation sites (N-methyl/N-ethyl adjacent to an activating group) is 1. The van der Waals surface area contributed by atoms with Crippen LogP contribution in [0.15, 0.2) is 11.3 Å². The Bertz CT molecular complexity index is 355. The number of carbonyl (C=O) groups is 2. The van der Waals surface area contributed by atoms with E-state index in [1.807, 2.05) is 6.92 Å². The maximum Gasteiger partial charge on any atom is 0.343 e. The fraction of sp³-hybridized carbons (Fsp3) is 0.692. The second kappa shape index (κ2) is 6.54. The summed E-state index contributed by atoms with van der Waals surface area (Å²) < 4.78 is 4.94. The zero-order chi connectivity index (χ0) is 13.7. The normalized spacial score (nSPS) is 18.3. The Morgan fingerprint density at radius 2 is 1.67 bits per heavy atom. The van der Waals surface area contributed by atoms with Crippen molar-refractivity contribution in [3.8, 4) is 0 Å². The molecule has 0 aliphatic carbocycles. The van der Waals surface area contributed by atoms with E-state index >= 15 is 0 Å². The van der Waals surface area contributed by atoms with Gasteiger partial charge in [-0.15, -0.1) is 0 Å². The average molecular weight is 254 g/mol. The van der Waals surface area contributed by atoms with Crippen molar-refractivity contribution >= 4 is 11.8 Å². The van der Waals surface area contributed by atoms with E-state index in [4.69, 9.17) is 4.74 Å². The van der Waals surface area contributed by atoms with Crippen molar-refractivity contribution in [1.29, 1.82) is 0 Å². The van der Waals surface area contributed by atoms with E-state index in [9.17, 15) is 9.59 Å². The fourth-order valence-electron chi connectivity index (χ4n) is 2.05. The summed E-state index contributed by atoms with van der Waals surface area (Å²) in [6.07, 6.45) is 0. The number of esters is 1. The molecular formula is C13H22N2O3. The molecule has 0 unspecified atom stereocenters. The van der Waals surface area contributed by atoms with Gasteiger partial charge < -0.3 is 14.5 Å². The van der Waals surface area contributed by atoms with Crippen LogP contribution in [0.4, 0.5) is 0 Å². The van der Waals surface area contributed by atoms with Crippen molar-refractivity contribution in [2.75, 3.05) is 39.8 Å². The third kappa shape index (κ3) is 3.57. The number of nitrogens with zero attached hydrogens (tertiary/aromatic N) is 2. The predicted molar refractivity (Wildman–Crippen MR) is 69.1 cm³/mol. The Labute approximate surface area is 108 Å². The van der Waals surface area contributed by atoms with Crippen molar-refractivity contribution in [3.05, 3.63) is 11.3 Å². The first-order chi connectivity index (χ1) is 8.47. The number of ether oxygens (including phenoxy) is 1. The second-order valence-corrected chi connectivity index (χ2v) is 4.53. The van der Waals surface area contributed by atoms with Crippen LogP contribution in [0.5, 0.6) is 0 Å². The second-order valence-electron chi connectivity index (χ2n) is 4.53. The average Bonchev–Trinajstić information content (AvgIpc) is 2.29. The van der Waals surface area contributed by atoms with Crippen LogP contribution >= 0.6 is 0 Å². The van der Waals surface area contributed by atoms with E-state index in [1.165, 1.54) is 6.92 Å². The van der Waals surface area contributed by atoms with Crippen molar-refractivity contribution in [1.82, 2.24) is 9.80 Å². The van der Waals surface area contributed by atoms with E-state index in [-0.39, 0.29) is 18.0 Å². The van der Waals surface area contributed by atoms with Crippen molar-refractivity contribution in [2.45, 2.75) is 20.8 Å². The molecule has 0 N–H and O–H groups in total. The number of hydrogen-bond donors (Lipinski definition) is 0. The molecule has 1 rings (SSSR count). The number of carbonyl (C=O) groups excluding carboxylic acids is 2. The highest BCUT2D eigenvalue weighted by atomic mass is 16.5. The highest BCUT2D eigenvalue weighted by Crippen LogP contribution is 2.15. The lowest BCUT2D eigenvalue weighted by Gasteiger charge is -2.35. The molecule has 0 aromatic heterocycles. The number of Topliss-reactive ketones (excluding diaryl/α,β-unsaturated/α-hetero) is 1. The molecule has 0 atom stereocenters. The Kier molecular flexibility index (Phi) is 5.34. The molecule has 0 saturated carbocycles. The summed E-state index contributed by atoms with van der Waals surface area (Å²) in [5, 5.41) is 0.